The van der Waals surface area contributed by atoms with Crippen LogP contribution >= 0.6 is 31.9 Å². The summed E-state index contributed by atoms with van der Waals surface area (Å²) >= 11 is 6.64. The summed E-state index contributed by atoms with van der Waals surface area (Å²) in [5, 5.41) is 7.68. The smallest absolute Gasteiger partial charge is 0.344 e. The van der Waals surface area contributed by atoms with Gasteiger partial charge in [0.15, 0.2) is 0 Å². The molecule has 0 fully saturated rings. The Morgan fingerprint density at radius 1 is 0.605 bits per heavy atom. The number of halogens is 2. The van der Waals surface area contributed by atoms with Gasteiger partial charge < -0.3 is 9.47 Å². The standard InChI is InChI=1S/C31H22Br2N4O6/c32-26-13-3-1-11-24(26)30(40)42-22-9-5-7-20(15-22)18-34-36-28(38)17-29(39)37-35-19-21-8-6-10-23(16-21)43-31(41)25-12-2-4-14-27(25)33/h1-16,18-19H,17H2,(H,36,38)(H,37,39). The number of nitrogens with zero attached hydrogens (tertiary/aromatic N) is 2. The van der Waals surface area contributed by atoms with Crippen LogP contribution in [0.4, 0.5) is 0 Å². The molecule has 0 atom stereocenters. The van der Waals surface area contributed by atoms with Crippen molar-refractivity contribution in [1.82, 2.24) is 10.9 Å². The summed E-state index contributed by atoms with van der Waals surface area (Å²) in [6.45, 7) is 0. The average Bonchev–Trinajstić information content (AvgIpc) is 2.98. The fourth-order valence-electron chi connectivity index (χ4n) is 3.48. The number of carbonyl (C=O) groups is 4. The van der Waals surface area contributed by atoms with Gasteiger partial charge in [0.25, 0.3) is 0 Å². The Hall–Kier alpha value is -4.94. The van der Waals surface area contributed by atoms with Crippen LogP contribution in [0.1, 0.15) is 38.3 Å². The Morgan fingerprint density at radius 2 is 1.02 bits per heavy atom. The lowest BCUT2D eigenvalue weighted by Gasteiger charge is -2.06. The Bertz CT molecular complexity index is 1600. The highest BCUT2D eigenvalue weighted by atomic mass is 79.9. The van der Waals surface area contributed by atoms with Gasteiger partial charge >= 0.3 is 11.9 Å². The zero-order valence-corrected chi connectivity index (χ0v) is 25.4. The number of hydrazone groups is 2. The van der Waals surface area contributed by atoms with Crippen molar-refractivity contribution < 1.29 is 28.7 Å². The maximum atomic E-state index is 12.4. The molecule has 10 nitrogen and oxygen atoms in total. The van der Waals surface area contributed by atoms with Crippen molar-refractivity contribution in [1.29, 1.82) is 0 Å². The summed E-state index contributed by atoms with van der Waals surface area (Å²) in [4.78, 5) is 49.0. The number of nitrogens with one attached hydrogen (secondary N) is 2. The van der Waals surface area contributed by atoms with E-state index in [-0.39, 0.29) is 0 Å². The van der Waals surface area contributed by atoms with E-state index in [0.29, 0.717) is 42.7 Å². The number of rotatable bonds is 10. The van der Waals surface area contributed by atoms with Gasteiger partial charge in [0.1, 0.15) is 17.9 Å². The number of hydrogen-bond acceptors (Lipinski definition) is 8. The third-order valence-corrected chi connectivity index (χ3v) is 6.83. The first-order chi connectivity index (χ1) is 20.8. The van der Waals surface area contributed by atoms with Crippen LogP contribution in [-0.2, 0) is 9.59 Å². The minimum Gasteiger partial charge on any atom is -0.423 e. The van der Waals surface area contributed by atoms with Crippen molar-refractivity contribution in [3.05, 3.63) is 128 Å². The quantitative estimate of drug-likeness (QED) is 0.0721. The summed E-state index contributed by atoms with van der Waals surface area (Å²) < 4.78 is 12.0. The van der Waals surface area contributed by atoms with Crippen LogP contribution in [-0.4, -0.2) is 36.2 Å². The van der Waals surface area contributed by atoms with Crippen LogP contribution in [0.3, 0.4) is 0 Å². The van der Waals surface area contributed by atoms with Gasteiger partial charge in [-0.1, -0.05) is 48.5 Å². The first-order valence-corrected chi connectivity index (χ1v) is 14.1. The van der Waals surface area contributed by atoms with Crippen molar-refractivity contribution in [2.24, 2.45) is 10.2 Å². The van der Waals surface area contributed by atoms with Crippen molar-refractivity contribution in [2.75, 3.05) is 0 Å². The maximum Gasteiger partial charge on any atom is 0.344 e. The lowest BCUT2D eigenvalue weighted by molar-refractivity contribution is -0.129. The van der Waals surface area contributed by atoms with Crippen LogP contribution in [0.5, 0.6) is 11.5 Å². The first kappa shape index (κ1) is 31.0. The predicted octanol–water partition coefficient (Wildman–Crippen LogP) is 5.64. The molecule has 2 N–H and O–H groups in total. The third kappa shape index (κ3) is 9.55. The van der Waals surface area contributed by atoms with E-state index in [1.54, 1.807) is 97.1 Å². The summed E-state index contributed by atoms with van der Waals surface area (Å²) in [5.41, 5.74) is 6.38. The summed E-state index contributed by atoms with van der Waals surface area (Å²) in [6.07, 6.45) is 2.17. The second-order valence-electron chi connectivity index (χ2n) is 8.65. The number of esters is 2. The van der Waals surface area contributed by atoms with E-state index in [1.165, 1.54) is 12.4 Å². The molecule has 4 aromatic carbocycles. The molecule has 12 heteroatoms. The second kappa shape index (κ2) is 15.3. The number of hydrogen-bond donors (Lipinski definition) is 2. The van der Waals surface area contributed by atoms with Crippen molar-refractivity contribution in [3.63, 3.8) is 0 Å². The van der Waals surface area contributed by atoms with Crippen LogP contribution < -0.4 is 20.3 Å². The van der Waals surface area contributed by atoms with Gasteiger partial charge in [-0.3, -0.25) is 9.59 Å². The minimum atomic E-state index is -0.665. The van der Waals surface area contributed by atoms with E-state index < -0.39 is 30.2 Å². The molecule has 0 spiro atoms. The molecule has 4 aromatic rings. The lowest BCUT2D eigenvalue weighted by Crippen LogP contribution is -2.27. The van der Waals surface area contributed by atoms with E-state index in [0.717, 1.165) is 0 Å². The Kier molecular flexibility index (Phi) is 11.1. The van der Waals surface area contributed by atoms with Crippen molar-refractivity contribution >= 4 is 68.0 Å². The van der Waals surface area contributed by atoms with Gasteiger partial charge in [0, 0.05) is 8.95 Å². The molecule has 0 bridgehead atoms. The fraction of sp³-hybridized carbons (Fsp3) is 0.0323. The molecular weight excluding hydrogens is 684 g/mol. The Labute approximate surface area is 263 Å². The van der Waals surface area contributed by atoms with Crippen molar-refractivity contribution in [3.8, 4) is 11.5 Å². The molecule has 0 heterocycles. The normalized spacial score (nSPS) is 10.8. The Balaban J connectivity index is 1.23. The highest BCUT2D eigenvalue weighted by Gasteiger charge is 2.13. The second-order valence-corrected chi connectivity index (χ2v) is 10.4. The van der Waals surface area contributed by atoms with Crippen molar-refractivity contribution in [2.45, 2.75) is 6.42 Å². The highest BCUT2D eigenvalue weighted by Crippen LogP contribution is 2.21. The lowest BCUT2D eigenvalue weighted by atomic mass is 10.2. The molecule has 0 aromatic heterocycles. The number of ether oxygens (including phenoxy) is 2. The summed E-state index contributed by atoms with van der Waals surface area (Å²) in [7, 11) is 0. The SMILES string of the molecule is O=C(CC(=O)NN=Cc1cccc(OC(=O)c2ccccc2Br)c1)NN=Cc1cccc(OC(=O)c2ccccc2Br)c1. The monoisotopic (exact) mass is 704 g/mol. The zero-order chi connectivity index (χ0) is 30.6. The van der Waals surface area contributed by atoms with E-state index in [2.05, 4.69) is 52.9 Å². The molecule has 0 radical (unpaired) electrons. The molecule has 0 aliphatic carbocycles. The molecule has 43 heavy (non-hydrogen) atoms. The van der Waals surface area contributed by atoms with Gasteiger partial charge in [-0.2, -0.15) is 10.2 Å². The van der Waals surface area contributed by atoms with E-state index in [1.807, 2.05) is 0 Å². The Morgan fingerprint density at radius 3 is 1.44 bits per heavy atom. The predicted molar refractivity (Wildman–Crippen MR) is 167 cm³/mol. The maximum absolute atomic E-state index is 12.4. The van der Waals surface area contributed by atoms with Crippen LogP contribution in [0.25, 0.3) is 0 Å². The molecule has 0 unspecified atom stereocenters. The molecule has 0 saturated heterocycles. The molecule has 0 saturated carbocycles. The third-order valence-electron chi connectivity index (χ3n) is 5.45. The van der Waals surface area contributed by atoms with E-state index in [4.69, 9.17) is 9.47 Å². The minimum absolute atomic E-state index is 0.293. The van der Waals surface area contributed by atoms with Crippen LogP contribution in [0.15, 0.2) is 116 Å². The molecule has 2 amide bonds. The summed E-state index contributed by atoms with van der Waals surface area (Å²) in [6, 6.07) is 26.9. The molecule has 4 rings (SSSR count). The van der Waals surface area contributed by atoms with Gasteiger partial charge in [0.05, 0.1) is 23.6 Å². The van der Waals surface area contributed by atoms with Crippen LogP contribution in [0.2, 0.25) is 0 Å². The van der Waals surface area contributed by atoms with Gasteiger partial charge in [-0.05, 0) is 91.5 Å². The number of carbonyl (C=O) groups excluding carboxylic acids is 4. The largest absolute Gasteiger partial charge is 0.423 e. The van der Waals surface area contributed by atoms with Crippen LogP contribution in [0, 0.1) is 0 Å². The molecule has 216 valence electrons. The first-order valence-electron chi connectivity index (χ1n) is 12.6. The molecule has 0 aliphatic rings. The number of benzene rings is 4. The zero-order valence-electron chi connectivity index (χ0n) is 22.2. The van der Waals surface area contributed by atoms with Gasteiger partial charge in [-0.15, -0.1) is 0 Å². The van der Waals surface area contributed by atoms with E-state index >= 15 is 0 Å². The number of amides is 2. The van der Waals surface area contributed by atoms with Gasteiger partial charge in [0.2, 0.25) is 11.8 Å². The average molecular weight is 706 g/mol. The highest BCUT2D eigenvalue weighted by molar-refractivity contribution is 9.10. The van der Waals surface area contributed by atoms with E-state index in [9.17, 15) is 19.2 Å². The van der Waals surface area contributed by atoms with Gasteiger partial charge in [-0.25, -0.2) is 20.4 Å². The summed E-state index contributed by atoms with van der Waals surface area (Å²) in [5.74, 6) is -1.81. The molecular formula is C31H22Br2N4O6. The topological polar surface area (TPSA) is 136 Å². The molecule has 0 aliphatic heterocycles. The fourth-order valence-corrected chi connectivity index (χ4v) is 4.37.